The number of nitrogens with one attached hydrogen (secondary N) is 1. The molecule has 0 bridgehead atoms. The fraction of sp³-hybridized carbons (Fsp3) is 0.533. The average molecular weight is 287 g/mol. The molecule has 0 saturated carbocycles. The Morgan fingerprint density at radius 3 is 3.14 bits per heavy atom. The van der Waals surface area contributed by atoms with E-state index in [0.29, 0.717) is 6.10 Å². The minimum atomic E-state index is 0.270. The Morgan fingerprint density at radius 2 is 2.38 bits per heavy atom. The SMILES string of the molecule is CC(NCC1CCCCO1)c1cccc(-n2cnnn2)c1. The van der Waals surface area contributed by atoms with E-state index in [1.807, 2.05) is 12.1 Å². The predicted molar refractivity (Wildman–Crippen MR) is 79.2 cm³/mol. The van der Waals surface area contributed by atoms with Crippen LogP contribution < -0.4 is 5.32 Å². The van der Waals surface area contributed by atoms with Gasteiger partial charge in [-0.1, -0.05) is 12.1 Å². The average Bonchev–Trinajstić information content (AvgIpc) is 3.08. The molecule has 2 aromatic rings. The van der Waals surface area contributed by atoms with Crippen LogP contribution in [0.25, 0.3) is 5.69 Å². The fourth-order valence-electron chi connectivity index (χ4n) is 2.61. The summed E-state index contributed by atoms with van der Waals surface area (Å²) in [4.78, 5) is 0. The van der Waals surface area contributed by atoms with Crippen molar-refractivity contribution in [2.45, 2.75) is 38.3 Å². The molecule has 2 atom stereocenters. The molecule has 0 aliphatic carbocycles. The first kappa shape index (κ1) is 14.2. The molecule has 2 unspecified atom stereocenters. The molecule has 1 N–H and O–H groups in total. The van der Waals surface area contributed by atoms with Crippen LogP contribution >= 0.6 is 0 Å². The highest BCUT2D eigenvalue weighted by atomic mass is 16.5. The van der Waals surface area contributed by atoms with Crippen molar-refractivity contribution in [2.75, 3.05) is 13.2 Å². The maximum absolute atomic E-state index is 5.75. The van der Waals surface area contributed by atoms with Gasteiger partial charge in [-0.3, -0.25) is 0 Å². The molecule has 1 aromatic carbocycles. The summed E-state index contributed by atoms with van der Waals surface area (Å²) >= 11 is 0. The molecule has 2 heterocycles. The fourth-order valence-corrected chi connectivity index (χ4v) is 2.61. The first-order valence-electron chi connectivity index (χ1n) is 7.51. The van der Waals surface area contributed by atoms with Crippen LogP contribution in [0.2, 0.25) is 0 Å². The number of hydrogen-bond acceptors (Lipinski definition) is 5. The summed E-state index contributed by atoms with van der Waals surface area (Å²) in [6.07, 6.45) is 5.58. The Morgan fingerprint density at radius 1 is 1.43 bits per heavy atom. The van der Waals surface area contributed by atoms with Crippen molar-refractivity contribution in [1.82, 2.24) is 25.5 Å². The lowest BCUT2D eigenvalue weighted by atomic mass is 10.1. The van der Waals surface area contributed by atoms with Gasteiger partial charge in [-0.25, -0.2) is 4.68 Å². The number of aromatic nitrogens is 4. The van der Waals surface area contributed by atoms with E-state index in [1.54, 1.807) is 11.0 Å². The van der Waals surface area contributed by atoms with Crippen LogP contribution in [0, 0.1) is 0 Å². The third-order valence-corrected chi connectivity index (χ3v) is 3.91. The first-order valence-corrected chi connectivity index (χ1v) is 7.51. The molecule has 0 amide bonds. The van der Waals surface area contributed by atoms with Crippen molar-refractivity contribution in [3.8, 4) is 5.69 Å². The van der Waals surface area contributed by atoms with Crippen molar-refractivity contribution >= 4 is 0 Å². The van der Waals surface area contributed by atoms with Gasteiger partial charge in [0.2, 0.25) is 0 Å². The second-order valence-electron chi connectivity index (χ2n) is 5.47. The monoisotopic (exact) mass is 287 g/mol. The minimum absolute atomic E-state index is 0.270. The third-order valence-electron chi connectivity index (χ3n) is 3.91. The summed E-state index contributed by atoms with van der Waals surface area (Å²) in [6.45, 7) is 3.97. The Bertz CT molecular complexity index is 551. The molecule has 112 valence electrons. The van der Waals surface area contributed by atoms with Gasteiger partial charge in [0.05, 0.1) is 11.8 Å². The van der Waals surface area contributed by atoms with E-state index in [4.69, 9.17) is 4.74 Å². The van der Waals surface area contributed by atoms with Crippen LogP contribution in [0.5, 0.6) is 0 Å². The Labute approximate surface area is 124 Å². The molecule has 1 aliphatic heterocycles. The van der Waals surface area contributed by atoms with Crippen LogP contribution in [0.15, 0.2) is 30.6 Å². The van der Waals surface area contributed by atoms with Gasteiger partial charge in [-0.15, -0.1) is 5.10 Å². The third kappa shape index (κ3) is 3.65. The van der Waals surface area contributed by atoms with E-state index in [9.17, 15) is 0 Å². The maximum Gasteiger partial charge on any atom is 0.143 e. The Kier molecular flexibility index (Phi) is 4.57. The van der Waals surface area contributed by atoms with Crippen molar-refractivity contribution in [1.29, 1.82) is 0 Å². The molecule has 1 fully saturated rings. The van der Waals surface area contributed by atoms with Crippen LogP contribution in [0.3, 0.4) is 0 Å². The van der Waals surface area contributed by atoms with E-state index in [2.05, 4.69) is 39.9 Å². The van der Waals surface area contributed by atoms with Gasteiger partial charge in [0.15, 0.2) is 0 Å². The number of benzene rings is 1. The quantitative estimate of drug-likeness (QED) is 0.909. The van der Waals surface area contributed by atoms with Gasteiger partial charge >= 0.3 is 0 Å². The van der Waals surface area contributed by atoms with Gasteiger partial charge in [0.25, 0.3) is 0 Å². The molecule has 1 aliphatic rings. The van der Waals surface area contributed by atoms with Gasteiger partial charge in [-0.2, -0.15) is 0 Å². The highest BCUT2D eigenvalue weighted by Gasteiger charge is 2.15. The number of hydrogen-bond donors (Lipinski definition) is 1. The Balaban J connectivity index is 1.61. The van der Waals surface area contributed by atoms with E-state index in [-0.39, 0.29) is 6.04 Å². The number of rotatable bonds is 5. The Hall–Kier alpha value is -1.79. The number of ether oxygens (including phenoxy) is 1. The summed E-state index contributed by atoms with van der Waals surface area (Å²) in [5, 5.41) is 14.8. The summed E-state index contributed by atoms with van der Waals surface area (Å²) in [6, 6.07) is 8.52. The van der Waals surface area contributed by atoms with E-state index >= 15 is 0 Å². The topological polar surface area (TPSA) is 64.9 Å². The molecule has 21 heavy (non-hydrogen) atoms. The van der Waals surface area contributed by atoms with Crippen LogP contribution in [-0.2, 0) is 4.74 Å². The highest BCUT2D eigenvalue weighted by molar-refractivity contribution is 5.35. The zero-order valence-electron chi connectivity index (χ0n) is 12.3. The van der Waals surface area contributed by atoms with Gasteiger partial charge in [0.1, 0.15) is 6.33 Å². The van der Waals surface area contributed by atoms with Crippen molar-refractivity contribution in [3.63, 3.8) is 0 Å². The molecule has 1 aromatic heterocycles. The second-order valence-corrected chi connectivity index (χ2v) is 5.47. The first-order chi connectivity index (χ1) is 10.3. The number of nitrogens with zero attached hydrogens (tertiary/aromatic N) is 4. The molecule has 6 heteroatoms. The standard InChI is InChI=1S/C15H21N5O/c1-12(16-10-15-7-2-3-8-21-15)13-5-4-6-14(9-13)20-11-17-18-19-20/h4-6,9,11-12,15-16H,2-3,7-8,10H2,1H3. The molecular weight excluding hydrogens is 266 g/mol. The van der Waals surface area contributed by atoms with E-state index in [1.165, 1.54) is 18.4 Å². The molecule has 3 rings (SSSR count). The van der Waals surface area contributed by atoms with Crippen molar-refractivity contribution < 1.29 is 4.74 Å². The largest absolute Gasteiger partial charge is 0.377 e. The maximum atomic E-state index is 5.75. The minimum Gasteiger partial charge on any atom is -0.377 e. The number of tetrazole rings is 1. The summed E-state index contributed by atoms with van der Waals surface area (Å²) < 4.78 is 7.42. The van der Waals surface area contributed by atoms with Crippen molar-refractivity contribution in [3.05, 3.63) is 36.2 Å². The van der Waals surface area contributed by atoms with Crippen LogP contribution in [0.1, 0.15) is 37.8 Å². The summed E-state index contributed by atoms with van der Waals surface area (Å²) in [5.74, 6) is 0. The van der Waals surface area contributed by atoms with Crippen LogP contribution in [-0.4, -0.2) is 39.5 Å². The van der Waals surface area contributed by atoms with Gasteiger partial charge < -0.3 is 10.1 Å². The second kappa shape index (κ2) is 6.78. The van der Waals surface area contributed by atoms with Crippen LogP contribution in [0.4, 0.5) is 0 Å². The lowest BCUT2D eigenvalue weighted by Crippen LogP contribution is -2.33. The van der Waals surface area contributed by atoms with E-state index < -0.39 is 0 Å². The molecule has 6 nitrogen and oxygen atoms in total. The molecular formula is C15H21N5O. The normalized spacial score (nSPS) is 20.3. The molecule has 0 spiro atoms. The zero-order valence-corrected chi connectivity index (χ0v) is 12.3. The van der Waals surface area contributed by atoms with E-state index in [0.717, 1.165) is 25.3 Å². The van der Waals surface area contributed by atoms with Gasteiger partial charge in [-0.05, 0) is 54.3 Å². The summed E-state index contributed by atoms with van der Waals surface area (Å²) in [5.41, 5.74) is 2.19. The smallest absolute Gasteiger partial charge is 0.143 e. The zero-order chi connectivity index (χ0) is 14.5. The van der Waals surface area contributed by atoms with Gasteiger partial charge in [0, 0.05) is 19.2 Å². The lowest BCUT2D eigenvalue weighted by molar-refractivity contribution is 0.0156. The highest BCUT2D eigenvalue weighted by Crippen LogP contribution is 2.17. The predicted octanol–water partition coefficient (Wildman–Crippen LogP) is 1.88. The summed E-state index contributed by atoms with van der Waals surface area (Å²) in [7, 11) is 0. The molecule has 0 radical (unpaired) electrons. The lowest BCUT2D eigenvalue weighted by Gasteiger charge is -2.25. The van der Waals surface area contributed by atoms with Crippen molar-refractivity contribution in [2.24, 2.45) is 0 Å². The molecule has 1 saturated heterocycles.